The first-order valence-corrected chi connectivity index (χ1v) is 17.1. The summed E-state index contributed by atoms with van der Waals surface area (Å²) in [6, 6.07) is 50.0. The van der Waals surface area contributed by atoms with E-state index in [1.165, 1.54) is 16.6 Å². The smallest absolute Gasteiger partial charge is 0.101 e. The van der Waals surface area contributed by atoms with Gasteiger partial charge in [-0.25, -0.2) is 0 Å². The summed E-state index contributed by atoms with van der Waals surface area (Å²) in [5.41, 5.74) is 13.2. The highest BCUT2D eigenvalue weighted by molar-refractivity contribution is 6.12. The minimum Gasteiger partial charge on any atom is -0.311 e. The van der Waals surface area contributed by atoms with Crippen LogP contribution in [0, 0.1) is 34.0 Å². The molecule has 0 atom stereocenters. The van der Waals surface area contributed by atoms with E-state index >= 15 is 0 Å². The molecule has 9 rings (SSSR count). The first-order valence-electron chi connectivity index (χ1n) is 17.1. The van der Waals surface area contributed by atoms with Gasteiger partial charge in [0.05, 0.1) is 51.1 Å². The summed E-state index contributed by atoms with van der Waals surface area (Å²) < 4.78 is 4.50. The molecule has 0 unspecified atom stereocenters. The molecule has 0 fully saturated rings. The van der Waals surface area contributed by atoms with Crippen LogP contribution in [0.4, 0.5) is 0 Å². The van der Waals surface area contributed by atoms with Gasteiger partial charge in [-0.3, -0.25) is 0 Å². The zero-order chi connectivity index (χ0) is 34.5. The van der Waals surface area contributed by atoms with Crippen LogP contribution in [0.3, 0.4) is 0 Å². The van der Waals surface area contributed by atoms with Gasteiger partial charge in [0, 0.05) is 38.7 Å². The van der Waals surface area contributed by atoms with Gasteiger partial charge >= 0.3 is 0 Å². The molecule has 6 aromatic carbocycles. The van der Waals surface area contributed by atoms with Crippen molar-refractivity contribution in [2.45, 2.75) is 19.3 Å². The highest BCUT2D eigenvalue weighted by Crippen LogP contribution is 2.40. The van der Waals surface area contributed by atoms with Crippen LogP contribution in [-0.2, 0) is 6.42 Å². The Kier molecular flexibility index (Phi) is 7.10. The number of hydrogen-bond donors (Lipinski definition) is 0. The number of para-hydroxylation sites is 2. The number of allylic oxidation sites excluding steroid dienone is 1. The van der Waals surface area contributed by atoms with Gasteiger partial charge in [0.2, 0.25) is 0 Å². The molecule has 0 radical (unpaired) electrons. The van der Waals surface area contributed by atoms with Crippen LogP contribution in [0.1, 0.15) is 40.8 Å². The van der Waals surface area contributed by atoms with E-state index in [1.54, 1.807) is 0 Å². The van der Waals surface area contributed by atoms with Crippen molar-refractivity contribution in [1.29, 1.82) is 15.8 Å². The Labute approximate surface area is 295 Å². The van der Waals surface area contributed by atoms with Crippen LogP contribution >= 0.6 is 0 Å². The highest BCUT2D eigenvalue weighted by Gasteiger charge is 2.23. The van der Waals surface area contributed by atoms with E-state index in [4.69, 9.17) is 0 Å². The summed E-state index contributed by atoms with van der Waals surface area (Å²) in [6.07, 6.45) is 7.54. The van der Waals surface area contributed by atoms with Crippen LogP contribution in [0.15, 0.2) is 133 Å². The van der Waals surface area contributed by atoms with Gasteiger partial charge in [0.15, 0.2) is 0 Å². The summed E-state index contributed by atoms with van der Waals surface area (Å²) in [6.45, 7) is 0. The van der Waals surface area contributed by atoms with Crippen molar-refractivity contribution in [3.63, 3.8) is 0 Å². The van der Waals surface area contributed by atoms with Crippen LogP contribution in [0.2, 0.25) is 0 Å². The summed E-state index contributed by atoms with van der Waals surface area (Å²) in [7, 11) is 0. The lowest BCUT2D eigenvalue weighted by atomic mass is 9.95. The Balaban J connectivity index is 1.22. The zero-order valence-corrected chi connectivity index (χ0v) is 27.6. The fourth-order valence-corrected chi connectivity index (χ4v) is 7.90. The van der Waals surface area contributed by atoms with E-state index in [9.17, 15) is 15.8 Å². The molecule has 1 aliphatic rings. The van der Waals surface area contributed by atoms with Crippen molar-refractivity contribution in [1.82, 2.24) is 9.13 Å². The number of rotatable bonds is 4. The van der Waals surface area contributed by atoms with Crippen molar-refractivity contribution < 1.29 is 0 Å². The summed E-state index contributed by atoms with van der Waals surface area (Å²) >= 11 is 0. The number of fused-ring (bicyclic) bond motifs is 6. The Morgan fingerprint density at radius 1 is 0.549 bits per heavy atom. The van der Waals surface area contributed by atoms with Crippen molar-refractivity contribution in [3.8, 4) is 51.8 Å². The Bertz CT molecular complexity index is 2880. The largest absolute Gasteiger partial charge is 0.311 e. The molecule has 238 valence electrons. The van der Waals surface area contributed by atoms with E-state index in [0.717, 1.165) is 80.2 Å². The maximum absolute atomic E-state index is 10.5. The summed E-state index contributed by atoms with van der Waals surface area (Å²) in [5, 5.41) is 33.1. The topological polar surface area (TPSA) is 81.2 Å². The first kappa shape index (κ1) is 30.0. The third kappa shape index (κ3) is 4.74. The average Bonchev–Trinajstić information content (AvgIpc) is 3.57. The molecule has 5 heteroatoms. The second-order valence-electron chi connectivity index (χ2n) is 12.9. The minimum absolute atomic E-state index is 0.556. The highest BCUT2D eigenvalue weighted by atomic mass is 15.0. The van der Waals surface area contributed by atoms with Crippen molar-refractivity contribution in [2.24, 2.45) is 0 Å². The summed E-state index contributed by atoms with van der Waals surface area (Å²) in [4.78, 5) is 0. The number of nitrogens with zero attached hydrogens (tertiary/aromatic N) is 5. The molecular formula is C46H29N5. The van der Waals surface area contributed by atoms with Gasteiger partial charge in [-0.1, -0.05) is 78.9 Å². The van der Waals surface area contributed by atoms with Gasteiger partial charge in [-0.2, -0.15) is 15.8 Å². The van der Waals surface area contributed by atoms with Gasteiger partial charge in [-0.05, 0) is 96.6 Å². The van der Waals surface area contributed by atoms with E-state index in [-0.39, 0.29) is 0 Å². The summed E-state index contributed by atoms with van der Waals surface area (Å²) in [5.74, 6) is 0. The number of benzene rings is 6. The molecular weight excluding hydrogens is 623 g/mol. The van der Waals surface area contributed by atoms with E-state index in [0.29, 0.717) is 16.7 Å². The molecule has 0 saturated carbocycles. The van der Waals surface area contributed by atoms with E-state index in [1.807, 2.05) is 48.5 Å². The molecule has 0 spiro atoms. The second kappa shape index (κ2) is 12.1. The Hall–Kier alpha value is -7.13. The lowest BCUT2D eigenvalue weighted by molar-refractivity contribution is 0.807. The van der Waals surface area contributed by atoms with Gasteiger partial charge in [0.1, 0.15) is 6.07 Å². The number of hydrogen-bond acceptors (Lipinski definition) is 3. The van der Waals surface area contributed by atoms with Crippen LogP contribution < -0.4 is 0 Å². The van der Waals surface area contributed by atoms with Crippen LogP contribution in [0.5, 0.6) is 0 Å². The fourth-order valence-electron chi connectivity index (χ4n) is 7.90. The molecule has 0 bridgehead atoms. The Morgan fingerprint density at radius 2 is 1.27 bits per heavy atom. The third-order valence-electron chi connectivity index (χ3n) is 10.1. The predicted molar refractivity (Wildman–Crippen MR) is 205 cm³/mol. The van der Waals surface area contributed by atoms with Crippen molar-refractivity contribution >= 4 is 38.8 Å². The third-order valence-corrected chi connectivity index (χ3v) is 10.1. The lowest BCUT2D eigenvalue weighted by Crippen LogP contribution is -2.05. The SMILES string of the molecule is N#Cc1ccc2c(c1)c1c(C#N)cccc1n2-c1cccc(-c2cccc(-c3cccc(C#N)c3-n3c4c(c5ccccc53)C=CCCC4)c2)c1. The standard InChI is InChI=1S/C46H29N5/c47-27-30-22-23-43-40(24-30)45-34(28-48)13-9-21-44(45)50(43)36-15-7-11-32(26-36)31-10-6-12-33(25-31)37-18-8-14-35(29-49)46(37)51-41-19-3-1-2-16-38(41)39-17-4-5-20-42(39)51/h2,4-18,20-26H,1,3,19H2. The maximum Gasteiger partial charge on any atom is 0.101 e. The van der Waals surface area contributed by atoms with Crippen molar-refractivity contribution in [2.75, 3.05) is 0 Å². The van der Waals surface area contributed by atoms with E-state index in [2.05, 4.69) is 118 Å². The van der Waals surface area contributed by atoms with E-state index < -0.39 is 0 Å². The van der Waals surface area contributed by atoms with Gasteiger partial charge < -0.3 is 9.13 Å². The number of aromatic nitrogens is 2. The second-order valence-corrected chi connectivity index (χ2v) is 12.9. The maximum atomic E-state index is 10.5. The molecule has 0 N–H and O–H groups in total. The molecule has 2 heterocycles. The lowest BCUT2D eigenvalue weighted by Gasteiger charge is -2.18. The Morgan fingerprint density at radius 3 is 2.14 bits per heavy atom. The monoisotopic (exact) mass is 651 g/mol. The molecule has 2 aromatic heterocycles. The molecule has 51 heavy (non-hydrogen) atoms. The first-order chi connectivity index (χ1) is 25.2. The molecule has 1 aliphatic carbocycles. The van der Waals surface area contributed by atoms with Gasteiger partial charge in [0.25, 0.3) is 0 Å². The zero-order valence-electron chi connectivity index (χ0n) is 27.6. The van der Waals surface area contributed by atoms with Gasteiger partial charge in [-0.15, -0.1) is 0 Å². The molecule has 8 aromatic rings. The molecule has 5 nitrogen and oxygen atoms in total. The fraction of sp³-hybridized carbons (Fsp3) is 0.0652. The van der Waals surface area contributed by atoms with Crippen LogP contribution in [-0.4, -0.2) is 9.13 Å². The minimum atomic E-state index is 0.556. The quantitative estimate of drug-likeness (QED) is 0.190. The van der Waals surface area contributed by atoms with Crippen molar-refractivity contribution in [3.05, 3.63) is 161 Å². The molecule has 0 amide bonds. The molecule has 0 aliphatic heterocycles. The number of nitriles is 3. The predicted octanol–water partition coefficient (Wildman–Crippen LogP) is 11.0. The van der Waals surface area contributed by atoms with Crippen LogP contribution in [0.25, 0.3) is 72.4 Å². The normalized spacial score (nSPS) is 12.3. The molecule has 0 saturated heterocycles. The average molecular weight is 652 g/mol.